The highest BCUT2D eigenvalue weighted by Gasteiger charge is 1.92. The third kappa shape index (κ3) is 1.70. The lowest BCUT2D eigenvalue weighted by Crippen LogP contribution is -2.19. The maximum atomic E-state index is 10.8. The maximum absolute atomic E-state index is 10.8. The third-order valence-electron chi connectivity index (χ3n) is 0.956. The smallest absolute Gasteiger partial charge is 0.370 e. The largest absolute Gasteiger partial charge is 0.383 e. The number of anilines is 1. The van der Waals surface area contributed by atoms with Gasteiger partial charge in [-0.25, -0.2) is 4.79 Å². The molecule has 0 atom stereocenters. The number of nitrogens with zero attached hydrogens (tertiary/aromatic N) is 3. The fourth-order valence-corrected chi connectivity index (χ4v) is 0.618. The lowest BCUT2D eigenvalue weighted by Gasteiger charge is -1.92. The van der Waals surface area contributed by atoms with Crippen molar-refractivity contribution < 1.29 is 0 Å². The lowest BCUT2D eigenvalue weighted by molar-refractivity contribution is 0.794. The van der Waals surface area contributed by atoms with E-state index < -0.39 is 5.69 Å². The van der Waals surface area contributed by atoms with E-state index in [1.54, 1.807) is 0 Å². The molecular weight excluding hydrogens is 164 g/mol. The van der Waals surface area contributed by atoms with Crippen LogP contribution in [0.25, 0.3) is 0 Å². The van der Waals surface area contributed by atoms with Crippen LogP contribution in [-0.4, -0.2) is 14.8 Å². The minimum atomic E-state index is -0.567. The van der Waals surface area contributed by atoms with Gasteiger partial charge in [0.05, 0.1) is 5.16 Å². The summed E-state index contributed by atoms with van der Waals surface area (Å²) >= 11 is 4.29. The number of thiocarbonyl (C=S) groups is 1. The molecule has 0 aliphatic carbocycles. The molecular formula is C5H4N4OS. The quantitative estimate of drug-likeness (QED) is 0.461. The summed E-state index contributed by atoms with van der Waals surface area (Å²) in [5, 5.41) is 5.43. The Morgan fingerprint density at radius 2 is 2.55 bits per heavy atom. The Morgan fingerprint density at radius 3 is 3.09 bits per heavy atom. The van der Waals surface area contributed by atoms with Crippen molar-refractivity contribution in [2.24, 2.45) is 5.10 Å². The van der Waals surface area contributed by atoms with Crippen LogP contribution in [0.5, 0.6) is 0 Å². The van der Waals surface area contributed by atoms with Crippen LogP contribution in [0.1, 0.15) is 0 Å². The molecule has 0 amide bonds. The predicted molar refractivity (Wildman–Crippen MR) is 43.3 cm³/mol. The number of isothiocyanates is 1. The Kier molecular flexibility index (Phi) is 2.10. The van der Waals surface area contributed by atoms with E-state index in [1.165, 1.54) is 12.3 Å². The Hall–Kier alpha value is -1.52. The van der Waals surface area contributed by atoms with Crippen molar-refractivity contribution in [1.82, 2.24) is 9.66 Å². The van der Waals surface area contributed by atoms with Crippen LogP contribution in [0, 0.1) is 0 Å². The zero-order valence-electron chi connectivity index (χ0n) is 5.39. The molecule has 5 nitrogen and oxygen atoms in total. The van der Waals surface area contributed by atoms with E-state index in [4.69, 9.17) is 5.73 Å². The van der Waals surface area contributed by atoms with Crippen molar-refractivity contribution in [2.75, 3.05) is 5.73 Å². The minimum absolute atomic E-state index is 0.158. The van der Waals surface area contributed by atoms with E-state index in [0.717, 1.165) is 4.68 Å². The molecule has 0 fully saturated rings. The number of aromatic nitrogens is 2. The van der Waals surface area contributed by atoms with Crippen molar-refractivity contribution in [1.29, 1.82) is 0 Å². The zero-order chi connectivity index (χ0) is 8.27. The molecule has 0 aliphatic rings. The summed E-state index contributed by atoms with van der Waals surface area (Å²) in [7, 11) is 0. The van der Waals surface area contributed by atoms with E-state index in [-0.39, 0.29) is 5.82 Å². The van der Waals surface area contributed by atoms with Gasteiger partial charge in [0.1, 0.15) is 5.82 Å². The molecule has 0 unspecified atom stereocenters. The van der Waals surface area contributed by atoms with Gasteiger partial charge in [-0.1, -0.05) is 0 Å². The lowest BCUT2D eigenvalue weighted by atomic mass is 10.6. The highest BCUT2D eigenvalue weighted by molar-refractivity contribution is 7.78. The molecule has 0 radical (unpaired) electrons. The first kappa shape index (κ1) is 7.59. The van der Waals surface area contributed by atoms with Crippen LogP contribution >= 0.6 is 12.2 Å². The van der Waals surface area contributed by atoms with E-state index in [2.05, 4.69) is 22.3 Å². The van der Waals surface area contributed by atoms with Crippen molar-refractivity contribution in [3.05, 3.63) is 22.7 Å². The molecule has 1 aromatic heterocycles. The number of hydrogen-bond donors (Lipinski definition) is 1. The average Bonchev–Trinajstić information content (AvgIpc) is 1.95. The number of hydrogen-bond acceptors (Lipinski definition) is 5. The average molecular weight is 168 g/mol. The fourth-order valence-electron chi connectivity index (χ4n) is 0.530. The minimum Gasteiger partial charge on any atom is -0.383 e. The molecule has 56 valence electrons. The molecule has 0 saturated carbocycles. The first-order valence-electron chi connectivity index (χ1n) is 2.67. The number of nitrogens with two attached hydrogens (primary N) is 1. The summed E-state index contributed by atoms with van der Waals surface area (Å²) in [5.74, 6) is 0.158. The first-order chi connectivity index (χ1) is 5.24. The van der Waals surface area contributed by atoms with Gasteiger partial charge < -0.3 is 5.73 Å². The normalized spacial score (nSPS) is 8.73. The summed E-state index contributed by atoms with van der Waals surface area (Å²) in [6.45, 7) is 0. The topological polar surface area (TPSA) is 73.3 Å². The van der Waals surface area contributed by atoms with Gasteiger partial charge in [-0.15, -0.1) is 5.10 Å². The van der Waals surface area contributed by atoms with Gasteiger partial charge in [0, 0.05) is 6.20 Å². The monoisotopic (exact) mass is 168 g/mol. The Labute approximate surface area is 67.2 Å². The van der Waals surface area contributed by atoms with E-state index in [9.17, 15) is 4.79 Å². The molecule has 2 N–H and O–H groups in total. The molecule has 0 saturated heterocycles. The second-order valence-corrected chi connectivity index (χ2v) is 1.85. The van der Waals surface area contributed by atoms with Crippen molar-refractivity contribution >= 4 is 23.2 Å². The van der Waals surface area contributed by atoms with Gasteiger partial charge in [0.2, 0.25) is 0 Å². The van der Waals surface area contributed by atoms with E-state index in [1.807, 2.05) is 5.16 Å². The molecule has 11 heavy (non-hydrogen) atoms. The summed E-state index contributed by atoms with van der Waals surface area (Å²) in [4.78, 5) is 14.2. The number of nitrogen functional groups attached to an aromatic ring is 1. The van der Waals surface area contributed by atoms with Gasteiger partial charge in [0.25, 0.3) is 0 Å². The molecule has 0 spiro atoms. The van der Waals surface area contributed by atoms with Crippen molar-refractivity contribution in [3.63, 3.8) is 0 Å². The standard InChI is InChI=1S/C5H4N4OS/c6-4-1-2-9(7-3-11)5(10)8-4/h1-2H,(H2,6,8,10). The Bertz CT molecular complexity index is 365. The van der Waals surface area contributed by atoms with E-state index in [0.29, 0.717) is 0 Å². The Balaban J connectivity index is 3.31. The molecule has 0 bridgehead atoms. The SMILES string of the molecule is Nc1ccn(N=C=S)c(=O)n1. The van der Waals surface area contributed by atoms with E-state index >= 15 is 0 Å². The molecule has 0 aromatic carbocycles. The second-order valence-electron chi connectivity index (χ2n) is 1.67. The van der Waals surface area contributed by atoms with Crippen molar-refractivity contribution in [2.45, 2.75) is 0 Å². The second kappa shape index (κ2) is 3.05. The molecule has 0 aliphatic heterocycles. The van der Waals surface area contributed by atoms with Crippen LogP contribution in [0.15, 0.2) is 22.2 Å². The molecule has 1 aromatic rings. The van der Waals surface area contributed by atoms with Gasteiger partial charge in [-0.2, -0.15) is 9.66 Å². The zero-order valence-corrected chi connectivity index (χ0v) is 6.21. The highest BCUT2D eigenvalue weighted by Crippen LogP contribution is 1.87. The van der Waals surface area contributed by atoms with Gasteiger partial charge in [-0.05, 0) is 18.3 Å². The molecule has 1 heterocycles. The summed E-state index contributed by atoms with van der Waals surface area (Å²) in [6, 6.07) is 1.44. The highest BCUT2D eigenvalue weighted by atomic mass is 32.1. The van der Waals surface area contributed by atoms with Crippen LogP contribution in [-0.2, 0) is 0 Å². The summed E-state index contributed by atoms with van der Waals surface area (Å²) < 4.78 is 0.948. The van der Waals surface area contributed by atoms with Crippen LogP contribution < -0.4 is 11.4 Å². The Morgan fingerprint density at radius 1 is 1.82 bits per heavy atom. The third-order valence-corrected chi connectivity index (χ3v) is 1.04. The first-order valence-corrected chi connectivity index (χ1v) is 3.08. The van der Waals surface area contributed by atoms with Gasteiger partial charge >= 0.3 is 5.69 Å². The molecule has 1 rings (SSSR count). The van der Waals surface area contributed by atoms with Crippen LogP contribution in [0.2, 0.25) is 0 Å². The maximum Gasteiger partial charge on any atom is 0.370 e. The van der Waals surface area contributed by atoms with Gasteiger partial charge in [-0.3, -0.25) is 0 Å². The van der Waals surface area contributed by atoms with Crippen LogP contribution in [0.4, 0.5) is 5.82 Å². The van der Waals surface area contributed by atoms with Gasteiger partial charge in [0.15, 0.2) is 0 Å². The summed E-state index contributed by atoms with van der Waals surface area (Å²) in [6.07, 6.45) is 1.37. The fraction of sp³-hybridized carbons (Fsp3) is 0. The number of rotatable bonds is 1. The van der Waals surface area contributed by atoms with Crippen LogP contribution in [0.3, 0.4) is 0 Å². The summed E-state index contributed by atoms with van der Waals surface area (Å²) in [5.41, 5.74) is 4.64. The van der Waals surface area contributed by atoms with Crippen molar-refractivity contribution in [3.8, 4) is 0 Å². The molecule has 6 heteroatoms. The predicted octanol–water partition coefficient (Wildman–Crippen LogP) is -0.309.